The first kappa shape index (κ1) is 15.1. The van der Waals surface area contributed by atoms with Gasteiger partial charge in [0.15, 0.2) is 0 Å². The maximum absolute atomic E-state index is 11.4. The van der Waals surface area contributed by atoms with Crippen LogP contribution in [-0.2, 0) is 10.0 Å². The van der Waals surface area contributed by atoms with E-state index in [0.717, 1.165) is 17.0 Å². The first-order valence-corrected chi connectivity index (χ1v) is 7.70. The average molecular weight is 307 g/mol. The molecule has 0 radical (unpaired) electrons. The van der Waals surface area contributed by atoms with Gasteiger partial charge in [-0.3, -0.25) is 0 Å². The zero-order chi connectivity index (χ0) is 15.6. The fourth-order valence-electron chi connectivity index (χ4n) is 1.87. The third kappa shape index (κ3) is 3.45. The van der Waals surface area contributed by atoms with Crippen molar-refractivity contribution in [3.05, 3.63) is 42.0 Å². The van der Waals surface area contributed by atoms with Crippen molar-refractivity contribution in [2.45, 2.75) is 11.8 Å². The first-order valence-electron chi connectivity index (χ1n) is 6.15. The van der Waals surface area contributed by atoms with Crippen molar-refractivity contribution in [3.63, 3.8) is 0 Å². The van der Waals surface area contributed by atoms with Crippen molar-refractivity contribution in [1.82, 2.24) is 0 Å². The van der Waals surface area contributed by atoms with E-state index in [0.29, 0.717) is 11.4 Å². The van der Waals surface area contributed by atoms with Crippen LogP contribution in [0, 0.1) is 6.92 Å². The van der Waals surface area contributed by atoms with Gasteiger partial charge in [-0.1, -0.05) is 0 Å². The highest BCUT2D eigenvalue weighted by atomic mass is 32.2. The van der Waals surface area contributed by atoms with Crippen molar-refractivity contribution in [2.24, 2.45) is 5.14 Å². The van der Waals surface area contributed by atoms with E-state index in [1.807, 2.05) is 19.1 Å². The Bertz CT molecular complexity index is 773. The highest BCUT2D eigenvalue weighted by Crippen LogP contribution is 2.29. The summed E-state index contributed by atoms with van der Waals surface area (Å²) in [6.07, 6.45) is 0. The Kier molecular flexibility index (Phi) is 4.06. The minimum atomic E-state index is -3.77. The second kappa shape index (κ2) is 5.63. The minimum absolute atomic E-state index is 0.00497. The second-order valence-corrected chi connectivity index (χ2v) is 6.16. The molecule has 2 aromatic carbocycles. The number of rotatable bonds is 4. The van der Waals surface area contributed by atoms with E-state index in [4.69, 9.17) is 15.6 Å². The summed E-state index contributed by atoms with van der Waals surface area (Å²) in [5.74, 6) is 0.740. The van der Waals surface area contributed by atoms with E-state index in [1.165, 1.54) is 18.2 Å². The van der Waals surface area contributed by atoms with Crippen molar-refractivity contribution < 1.29 is 13.2 Å². The van der Waals surface area contributed by atoms with Crippen LogP contribution < -0.4 is 20.9 Å². The van der Waals surface area contributed by atoms with E-state index in [1.54, 1.807) is 13.2 Å². The van der Waals surface area contributed by atoms with Gasteiger partial charge in [0.25, 0.3) is 0 Å². The summed E-state index contributed by atoms with van der Waals surface area (Å²) in [4.78, 5) is 0.00497. The molecule has 0 saturated heterocycles. The zero-order valence-electron chi connectivity index (χ0n) is 11.8. The molecule has 0 amide bonds. The van der Waals surface area contributed by atoms with E-state index in [-0.39, 0.29) is 4.90 Å². The number of benzene rings is 2. The Morgan fingerprint density at radius 3 is 2.38 bits per heavy atom. The quantitative estimate of drug-likeness (QED) is 0.749. The SMILES string of the molecule is COc1ccc(Nc2cc(S(N)(=O)=O)ccc2N)c(C)c1. The van der Waals surface area contributed by atoms with Crippen molar-refractivity contribution in [1.29, 1.82) is 0 Å². The topological polar surface area (TPSA) is 107 Å². The average Bonchev–Trinajstić information content (AvgIpc) is 2.42. The summed E-state index contributed by atoms with van der Waals surface area (Å²) in [6.45, 7) is 1.91. The fourth-order valence-corrected chi connectivity index (χ4v) is 2.41. The van der Waals surface area contributed by atoms with Crippen LogP contribution in [0.2, 0.25) is 0 Å². The number of anilines is 3. The lowest BCUT2D eigenvalue weighted by Gasteiger charge is -2.13. The molecule has 0 aliphatic heterocycles. The first-order chi connectivity index (χ1) is 9.81. The highest BCUT2D eigenvalue weighted by molar-refractivity contribution is 7.89. The maximum atomic E-state index is 11.4. The van der Waals surface area contributed by atoms with Gasteiger partial charge < -0.3 is 15.8 Å². The van der Waals surface area contributed by atoms with E-state index >= 15 is 0 Å². The smallest absolute Gasteiger partial charge is 0.238 e. The largest absolute Gasteiger partial charge is 0.497 e. The standard InChI is InChI=1S/C14H17N3O3S/c1-9-7-10(20-2)3-6-13(9)17-14-8-11(21(16,18)19)4-5-12(14)15/h3-8,17H,15H2,1-2H3,(H2,16,18,19). The molecule has 0 aromatic heterocycles. The van der Waals surface area contributed by atoms with Crippen molar-refractivity contribution >= 4 is 27.1 Å². The molecule has 2 aromatic rings. The van der Waals surface area contributed by atoms with Crippen LogP contribution in [-0.4, -0.2) is 15.5 Å². The molecule has 0 atom stereocenters. The van der Waals surface area contributed by atoms with Crippen LogP contribution in [0.3, 0.4) is 0 Å². The molecule has 6 nitrogen and oxygen atoms in total. The number of nitrogens with two attached hydrogens (primary N) is 2. The van der Waals surface area contributed by atoms with Crippen LogP contribution in [0.4, 0.5) is 17.1 Å². The van der Waals surface area contributed by atoms with Gasteiger partial charge >= 0.3 is 0 Å². The summed E-state index contributed by atoms with van der Waals surface area (Å²) in [5, 5.41) is 8.23. The molecular formula is C14H17N3O3S. The number of nitrogen functional groups attached to an aromatic ring is 1. The van der Waals surface area contributed by atoms with E-state index < -0.39 is 10.0 Å². The summed E-state index contributed by atoms with van der Waals surface area (Å²) < 4.78 is 27.9. The summed E-state index contributed by atoms with van der Waals surface area (Å²) in [7, 11) is -2.18. The van der Waals surface area contributed by atoms with Gasteiger partial charge in [-0.2, -0.15) is 0 Å². The van der Waals surface area contributed by atoms with Crippen LogP contribution in [0.1, 0.15) is 5.56 Å². The molecular weight excluding hydrogens is 290 g/mol. The monoisotopic (exact) mass is 307 g/mol. The Morgan fingerprint density at radius 1 is 1.10 bits per heavy atom. The summed E-state index contributed by atoms with van der Waals surface area (Å²) >= 11 is 0. The maximum Gasteiger partial charge on any atom is 0.238 e. The van der Waals surface area contributed by atoms with E-state index in [2.05, 4.69) is 5.32 Å². The zero-order valence-corrected chi connectivity index (χ0v) is 12.6. The van der Waals surface area contributed by atoms with Gasteiger partial charge in [-0.05, 0) is 48.9 Å². The molecule has 0 unspecified atom stereocenters. The Labute approximate surface area is 123 Å². The molecule has 0 spiro atoms. The molecule has 0 aliphatic carbocycles. The number of aryl methyl sites for hydroxylation is 1. The Balaban J connectivity index is 2.40. The molecule has 0 saturated carbocycles. The molecule has 7 heteroatoms. The Morgan fingerprint density at radius 2 is 1.81 bits per heavy atom. The lowest BCUT2D eigenvalue weighted by atomic mass is 10.1. The highest BCUT2D eigenvalue weighted by Gasteiger charge is 2.11. The lowest BCUT2D eigenvalue weighted by Crippen LogP contribution is -2.12. The van der Waals surface area contributed by atoms with Crippen LogP contribution in [0.15, 0.2) is 41.3 Å². The molecule has 5 N–H and O–H groups in total. The molecule has 2 rings (SSSR count). The molecule has 21 heavy (non-hydrogen) atoms. The number of ether oxygens (including phenoxy) is 1. The molecule has 112 valence electrons. The van der Waals surface area contributed by atoms with Gasteiger partial charge in [0, 0.05) is 5.69 Å². The summed E-state index contributed by atoms with van der Waals surface area (Å²) in [6, 6.07) is 9.78. The number of hydrogen-bond donors (Lipinski definition) is 3. The molecule has 0 fully saturated rings. The number of sulfonamides is 1. The van der Waals surface area contributed by atoms with Crippen molar-refractivity contribution in [3.8, 4) is 5.75 Å². The van der Waals surface area contributed by atoms with E-state index in [9.17, 15) is 8.42 Å². The second-order valence-electron chi connectivity index (χ2n) is 4.60. The number of nitrogens with one attached hydrogen (secondary N) is 1. The number of primary sulfonamides is 1. The van der Waals surface area contributed by atoms with Crippen LogP contribution in [0.5, 0.6) is 5.75 Å². The predicted octanol–water partition coefficient (Wildman–Crippen LogP) is 1.98. The molecule has 0 aliphatic rings. The lowest BCUT2D eigenvalue weighted by molar-refractivity contribution is 0.414. The fraction of sp³-hybridized carbons (Fsp3) is 0.143. The minimum Gasteiger partial charge on any atom is -0.497 e. The predicted molar refractivity (Wildman–Crippen MR) is 83.2 cm³/mol. The van der Waals surface area contributed by atoms with Crippen LogP contribution >= 0.6 is 0 Å². The summed E-state index contributed by atoms with van der Waals surface area (Å²) in [5.41, 5.74) is 8.51. The van der Waals surface area contributed by atoms with Gasteiger partial charge in [0.05, 0.1) is 23.4 Å². The normalized spacial score (nSPS) is 11.2. The van der Waals surface area contributed by atoms with Crippen LogP contribution in [0.25, 0.3) is 0 Å². The van der Waals surface area contributed by atoms with Gasteiger partial charge in [-0.15, -0.1) is 0 Å². The van der Waals surface area contributed by atoms with Gasteiger partial charge in [0.1, 0.15) is 5.75 Å². The molecule has 0 bridgehead atoms. The van der Waals surface area contributed by atoms with Crippen molar-refractivity contribution in [2.75, 3.05) is 18.2 Å². The number of methoxy groups -OCH3 is 1. The third-order valence-corrected chi connectivity index (χ3v) is 3.97. The van der Waals surface area contributed by atoms with Gasteiger partial charge in [-0.25, -0.2) is 13.6 Å². The van der Waals surface area contributed by atoms with Gasteiger partial charge in [0.2, 0.25) is 10.0 Å². The number of hydrogen-bond acceptors (Lipinski definition) is 5. The third-order valence-electron chi connectivity index (χ3n) is 3.06. The Hall–Kier alpha value is -2.25. The molecule has 0 heterocycles.